The first-order valence-corrected chi connectivity index (χ1v) is 9.84. The number of benzene rings is 2. The average Bonchev–Trinajstić information content (AvgIpc) is 3.02. The highest BCUT2D eigenvalue weighted by molar-refractivity contribution is 6.32. The summed E-state index contributed by atoms with van der Waals surface area (Å²) in [4.78, 5) is 27.0. The molecule has 1 aliphatic rings. The van der Waals surface area contributed by atoms with E-state index in [1.165, 1.54) is 5.56 Å². The average molecular weight is 393 g/mol. The van der Waals surface area contributed by atoms with Gasteiger partial charge in [-0.3, -0.25) is 9.59 Å². The first kappa shape index (κ1) is 20.6. The SMILES string of the molecule is CCCNC(=O)c1ccc2c(c1)C(=C(C)Nc1ccc(CN(C)C)cc1)C(=O)N2. The number of carbonyl (C=O) groups excluding carboxylic acids is 2. The van der Waals surface area contributed by atoms with E-state index in [4.69, 9.17) is 0 Å². The van der Waals surface area contributed by atoms with Crippen LogP contribution in [0.5, 0.6) is 0 Å². The molecule has 1 heterocycles. The minimum absolute atomic E-state index is 0.129. The van der Waals surface area contributed by atoms with Gasteiger partial charge in [-0.05, 0) is 63.3 Å². The van der Waals surface area contributed by atoms with Crippen LogP contribution in [0.3, 0.4) is 0 Å². The molecule has 0 saturated heterocycles. The first-order valence-electron chi connectivity index (χ1n) is 9.84. The Morgan fingerprint density at radius 3 is 2.48 bits per heavy atom. The van der Waals surface area contributed by atoms with E-state index in [1.807, 2.05) is 40.1 Å². The van der Waals surface area contributed by atoms with E-state index in [1.54, 1.807) is 18.2 Å². The van der Waals surface area contributed by atoms with Gasteiger partial charge in [-0.2, -0.15) is 0 Å². The Morgan fingerprint density at radius 2 is 1.83 bits per heavy atom. The van der Waals surface area contributed by atoms with Gasteiger partial charge in [0.05, 0.1) is 5.57 Å². The standard InChI is InChI=1S/C23H28N4O2/c1-5-12-24-22(28)17-8-11-20-19(13-17)21(23(29)26-20)15(2)25-18-9-6-16(7-10-18)14-27(3)4/h6-11,13,25H,5,12,14H2,1-4H3,(H,24,28)(H,26,29). The summed E-state index contributed by atoms with van der Waals surface area (Å²) in [5.41, 5.74) is 5.45. The molecule has 3 N–H and O–H groups in total. The molecule has 2 aromatic carbocycles. The Bertz CT molecular complexity index is 946. The highest BCUT2D eigenvalue weighted by Crippen LogP contribution is 2.34. The summed E-state index contributed by atoms with van der Waals surface area (Å²) in [7, 11) is 4.07. The minimum atomic E-state index is -0.166. The smallest absolute Gasteiger partial charge is 0.258 e. The zero-order chi connectivity index (χ0) is 21.0. The summed E-state index contributed by atoms with van der Waals surface area (Å²) >= 11 is 0. The molecular formula is C23H28N4O2. The topological polar surface area (TPSA) is 73.5 Å². The highest BCUT2D eigenvalue weighted by atomic mass is 16.2. The van der Waals surface area contributed by atoms with Crippen LogP contribution < -0.4 is 16.0 Å². The van der Waals surface area contributed by atoms with Crippen molar-refractivity contribution in [3.63, 3.8) is 0 Å². The molecule has 0 fully saturated rings. The maximum atomic E-state index is 12.6. The lowest BCUT2D eigenvalue weighted by Gasteiger charge is -2.13. The minimum Gasteiger partial charge on any atom is -0.358 e. The van der Waals surface area contributed by atoms with Gasteiger partial charge in [0.2, 0.25) is 0 Å². The number of amides is 2. The maximum absolute atomic E-state index is 12.6. The van der Waals surface area contributed by atoms with E-state index in [9.17, 15) is 9.59 Å². The van der Waals surface area contributed by atoms with Crippen molar-refractivity contribution in [1.82, 2.24) is 10.2 Å². The summed E-state index contributed by atoms with van der Waals surface area (Å²) in [6.45, 7) is 5.38. The van der Waals surface area contributed by atoms with Crippen molar-refractivity contribution in [2.75, 3.05) is 31.3 Å². The molecule has 0 bridgehead atoms. The molecule has 6 nitrogen and oxygen atoms in total. The van der Waals surface area contributed by atoms with Gasteiger partial charge < -0.3 is 20.9 Å². The van der Waals surface area contributed by atoms with Crippen LogP contribution in [0.25, 0.3) is 5.57 Å². The third-order valence-electron chi connectivity index (χ3n) is 4.72. The Balaban J connectivity index is 1.85. The van der Waals surface area contributed by atoms with Crippen molar-refractivity contribution < 1.29 is 9.59 Å². The van der Waals surface area contributed by atoms with Crippen LogP contribution in [0.1, 0.15) is 41.8 Å². The molecule has 0 saturated carbocycles. The van der Waals surface area contributed by atoms with E-state index >= 15 is 0 Å². The van der Waals surface area contributed by atoms with Crippen LogP contribution in [0.2, 0.25) is 0 Å². The quantitative estimate of drug-likeness (QED) is 0.629. The number of rotatable bonds is 7. The van der Waals surface area contributed by atoms with Crippen molar-refractivity contribution in [3.05, 3.63) is 64.9 Å². The molecule has 29 heavy (non-hydrogen) atoms. The lowest BCUT2D eigenvalue weighted by atomic mass is 10.0. The Kier molecular flexibility index (Phi) is 6.34. The second-order valence-corrected chi connectivity index (χ2v) is 7.53. The zero-order valence-corrected chi connectivity index (χ0v) is 17.4. The summed E-state index contributed by atoms with van der Waals surface area (Å²) in [5, 5.41) is 9.08. The molecular weight excluding hydrogens is 364 g/mol. The van der Waals surface area contributed by atoms with Crippen molar-refractivity contribution >= 4 is 28.8 Å². The maximum Gasteiger partial charge on any atom is 0.258 e. The molecule has 152 valence electrons. The highest BCUT2D eigenvalue weighted by Gasteiger charge is 2.27. The number of nitrogens with one attached hydrogen (secondary N) is 3. The van der Waals surface area contributed by atoms with E-state index in [2.05, 4.69) is 33.0 Å². The van der Waals surface area contributed by atoms with Crippen LogP contribution in [0, 0.1) is 0 Å². The van der Waals surface area contributed by atoms with Crippen LogP contribution >= 0.6 is 0 Å². The Morgan fingerprint density at radius 1 is 1.10 bits per heavy atom. The second-order valence-electron chi connectivity index (χ2n) is 7.53. The third-order valence-corrected chi connectivity index (χ3v) is 4.72. The molecule has 0 spiro atoms. The molecule has 3 rings (SSSR count). The number of anilines is 2. The third kappa shape index (κ3) is 4.84. The van der Waals surface area contributed by atoms with E-state index in [0.29, 0.717) is 17.7 Å². The predicted molar refractivity (Wildman–Crippen MR) is 118 cm³/mol. The summed E-state index contributed by atoms with van der Waals surface area (Å²) in [6.07, 6.45) is 0.873. The Hall–Kier alpha value is -3.12. The van der Waals surface area contributed by atoms with E-state index < -0.39 is 0 Å². The number of allylic oxidation sites excluding steroid dienone is 1. The van der Waals surface area contributed by atoms with E-state index in [0.717, 1.165) is 35.6 Å². The van der Waals surface area contributed by atoms with Gasteiger partial charge in [-0.25, -0.2) is 0 Å². The van der Waals surface area contributed by atoms with Gasteiger partial charge in [0.25, 0.3) is 11.8 Å². The molecule has 6 heteroatoms. The molecule has 1 aliphatic heterocycles. The van der Waals surface area contributed by atoms with Crippen LogP contribution in [0.15, 0.2) is 48.2 Å². The molecule has 2 amide bonds. The van der Waals surface area contributed by atoms with Gasteiger partial charge in [-0.1, -0.05) is 19.1 Å². The Labute approximate surface area is 172 Å². The van der Waals surface area contributed by atoms with Gasteiger partial charge >= 0.3 is 0 Å². The fraction of sp³-hybridized carbons (Fsp3) is 0.304. The number of hydrogen-bond donors (Lipinski definition) is 3. The lowest BCUT2D eigenvalue weighted by Crippen LogP contribution is -2.23. The fourth-order valence-electron chi connectivity index (χ4n) is 3.36. The van der Waals surface area contributed by atoms with Crippen molar-refractivity contribution in [2.24, 2.45) is 0 Å². The van der Waals surface area contributed by atoms with Crippen molar-refractivity contribution in [1.29, 1.82) is 0 Å². The predicted octanol–water partition coefficient (Wildman–Crippen LogP) is 3.68. The van der Waals surface area contributed by atoms with E-state index in [-0.39, 0.29) is 11.8 Å². The number of fused-ring (bicyclic) bond motifs is 1. The molecule has 0 atom stereocenters. The summed E-state index contributed by atoms with van der Waals surface area (Å²) in [6, 6.07) is 13.4. The number of nitrogens with zero attached hydrogens (tertiary/aromatic N) is 1. The second kappa shape index (κ2) is 8.92. The summed E-state index contributed by atoms with van der Waals surface area (Å²) < 4.78 is 0. The number of hydrogen-bond acceptors (Lipinski definition) is 4. The molecule has 2 aromatic rings. The van der Waals surface area contributed by atoms with Gasteiger partial charge in [0, 0.05) is 41.3 Å². The largest absolute Gasteiger partial charge is 0.358 e. The lowest BCUT2D eigenvalue weighted by molar-refractivity contribution is -0.110. The van der Waals surface area contributed by atoms with Gasteiger partial charge in [-0.15, -0.1) is 0 Å². The van der Waals surface area contributed by atoms with Crippen LogP contribution in [0.4, 0.5) is 11.4 Å². The van der Waals surface area contributed by atoms with Crippen LogP contribution in [-0.2, 0) is 11.3 Å². The number of carbonyl (C=O) groups is 2. The molecule has 0 radical (unpaired) electrons. The molecule has 0 aromatic heterocycles. The van der Waals surface area contributed by atoms with Gasteiger partial charge in [0.1, 0.15) is 0 Å². The fourth-order valence-corrected chi connectivity index (χ4v) is 3.36. The van der Waals surface area contributed by atoms with Crippen molar-refractivity contribution in [2.45, 2.75) is 26.8 Å². The van der Waals surface area contributed by atoms with Crippen LogP contribution in [-0.4, -0.2) is 37.4 Å². The first-order chi connectivity index (χ1) is 13.9. The molecule has 0 unspecified atom stereocenters. The monoisotopic (exact) mass is 392 g/mol. The molecule has 0 aliphatic carbocycles. The van der Waals surface area contributed by atoms with Crippen molar-refractivity contribution in [3.8, 4) is 0 Å². The zero-order valence-electron chi connectivity index (χ0n) is 17.4. The normalized spacial score (nSPS) is 14.4. The summed E-state index contributed by atoms with van der Waals surface area (Å²) in [5.74, 6) is -0.296. The van der Waals surface area contributed by atoms with Gasteiger partial charge in [0.15, 0.2) is 0 Å².